The van der Waals surface area contributed by atoms with E-state index in [0.29, 0.717) is 6.54 Å². The average molecular weight is 377 g/mol. The number of hydrogen-bond donors (Lipinski definition) is 1. The summed E-state index contributed by atoms with van der Waals surface area (Å²) in [5.41, 5.74) is 4.42. The molecule has 6 heteroatoms. The van der Waals surface area contributed by atoms with Crippen molar-refractivity contribution in [3.63, 3.8) is 0 Å². The molecule has 0 amide bonds. The Morgan fingerprint density at radius 1 is 1.21 bits per heavy atom. The molecule has 1 N–H and O–H groups in total. The summed E-state index contributed by atoms with van der Waals surface area (Å²) in [6, 6.07) is 10.6. The molecule has 1 aliphatic heterocycles. The van der Waals surface area contributed by atoms with E-state index >= 15 is 0 Å². The van der Waals surface area contributed by atoms with E-state index in [-0.39, 0.29) is 6.10 Å². The van der Waals surface area contributed by atoms with Gasteiger partial charge in [0.05, 0.1) is 17.3 Å². The molecule has 0 radical (unpaired) electrons. The number of aliphatic hydroxyl groups excluding tert-OH is 1. The number of nitrogens with zero attached hydrogens (tertiary/aromatic N) is 5. The van der Waals surface area contributed by atoms with Gasteiger partial charge in [-0.05, 0) is 51.1 Å². The molecule has 1 aliphatic rings. The molecule has 0 aliphatic carbocycles. The van der Waals surface area contributed by atoms with Crippen LogP contribution in [0.3, 0.4) is 0 Å². The van der Waals surface area contributed by atoms with Crippen LogP contribution in [0.25, 0.3) is 10.9 Å². The maximum absolute atomic E-state index is 10.2. The van der Waals surface area contributed by atoms with E-state index in [1.165, 1.54) is 11.1 Å². The van der Waals surface area contributed by atoms with Crippen molar-refractivity contribution >= 4 is 16.7 Å². The average Bonchev–Trinajstić information content (AvgIpc) is 2.68. The molecule has 0 spiro atoms. The van der Waals surface area contributed by atoms with E-state index in [4.69, 9.17) is 4.98 Å². The summed E-state index contributed by atoms with van der Waals surface area (Å²) in [6.07, 6.45) is 4.94. The molecule has 28 heavy (non-hydrogen) atoms. The normalized spacial score (nSPS) is 17.4. The van der Waals surface area contributed by atoms with Gasteiger partial charge in [0.15, 0.2) is 0 Å². The molecule has 3 heterocycles. The molecular formula is C22H27N5O. The Labute approximate surface area is 165 Å². The predicted molar refractivity (Wildman–Crippen MR) is 111 cm³/mol. The van der Waals surface area contributed by atoms with Gasteiger partial charge in [-0.2, -0.15) is 0 Å². The van der Waals surface area contributed by atoms with Gasteiger partial charge in [-0.3, -0.25) is 4.90 Å². The Morgan fingerprint density at radius 3 is 2.89 bits per heavy atom. The van der Waals surface area contributed by atoms with Gasteiger partial charge in [-0.25, -0.2) is 15.0 Å². The van der Waals surface area contributed by atoms with Crippen LogP contribution in [-0.2, 0) is 13.1 Å². The Morgan fingerprint density at radius 2 is 2.11 bits per heavy atom. The van der Waals surface area contributed by atoms with Gasteiger partial charge in [0, 0.05) is 43.3 Å². The first-order chi connectivity index (χ1) is 13.6. The van der Waals surface area contributed by atoms with Crippen molar-refractivity contribution in [2.75, 3.05) is 25.0 Å². The van der Waals surface area contributed by atoms with Crippen molar-refractivity contribution in [1.29, 1.82) is 0 Å². The van der Waals surface area contributed by atoms with Crippen LogP contribution in [-0.4, -0.2) is 51.2 Å². The third-order valence-electron chi connectivity index (χ3n) is 5.24. The lowest BCUT2D eigenvalue weighted by molar-refractivity contribution is 0.153. The first kappa shape index (κ1) is 18.8. The number of hydrogen-bond acceptors (Lipinski definition) is 6. The summed E-state index contributed by atoms with van der Waals surface area (Å²) in [6.45, 7) is 5.20. The van der Waals surface area contributed by atoms with Crippen LogP contribution in [0, 0.1) is 6.92 Å². The van der Waals surface area contributed by atoms with Crippen molar-refractivity contribution in [1.82, 2.24) is 19.9 Å². The van der Waals surface area contributed by atoms with Crippen LogP contribution in [0.5, 0.6) is 0 Å². The summed E-state index contributed by atoms with van der Waals surface area (Å²) >= 11 is 0. The molecule has 1 unspecified atom stereocenters. The van der Waals surface area contributed by atoms with Gasteiger partial charge >= 0.3 is 0 Å². The highest BCUT2D eigenvalue weighted by Gasteiger charge is 2.22. The number of aryl methyl sites for hydroxylation is 1. The van der Waals surface area contributed by atoms with Gasteiger partial charge in [0.25, 0.3) is 0 Å². The molecule has 2 aromatic heterocycles. The SMILES string of the molecule is Cc1ccc2nc(N3CCCC(O)C3)c(CN(C)Cc3ccncn3)cc2c1. The summed E-state index contributed by atoms with van der Waals surface area (Å²) in [5, 5.41) is 11.3. The van der Waals surface area contributed by atoms with Crippen LogP contribution in [0.4, 0.5) is 5.82 Å². The van der Waals surface area contributed by atoms with Crippen LogP contribution >= 0.6 is 0 Å². The highest BCUT2D eigenvalue weighted by atomic mass is 16.3. The zero-order chi connectivity index (χ0) is 19.5. The number of benzene rings is 1. The summed E-state index contributed by atoms with van der Waals surface area (Å²) in [5.74, 6) is 0.990. The lowest BCUT2D eigenvalue weighted by atomic mass is 10.1. The summed E-state index contributed by atoms with van der Waals surface area (Å²) < 4.78 is 0. The van der Waals surface area contributed by atoms with Gasteiger partial charge in [0.1, 0.15) is 12.1 Å². The van der Waals surface area contributed by atoms with E-state index in [1.807, 2.05) is 6.07 Å². The number of β-amino-alcohol motifs (C(OH)–C–C–N with tert-alkyl or cyclic N) is 1. The molecule has 1 saturated heterocycles. The van der Waals surface area contributed by atoms with Gasteiger partial charge in [-0.15, -0.1) is 0 Å². The third kappa shape index (κ3) is 4.29. The van der Waals surface area contributed by atoms with E-state index in [1.54, 1.807) is 12.5 Å². The predicted octanol–water partition coefficient (Wildman–Crippen LogP) is 2.93. The monoisotopic (exact) mass is 377 g/mol. The second kappa shape index (κ2) is 8.20. The van der Waals surface area contributed by atoms with E-state index < -0.39 is 0 Å². The molecule has 0 saturated carbocycles. The second-order valence-corrected chi connectivity index (χ2v) is 7.78. The minimum atomic E-state index is -0.282. The molecule has 4 rings (SSSR count). The van der Waals surface area contributed by atoms with Crippen molar-refractivity contribution < 1.29 is 5.11 Å². The van der Waals surface area contributed by atoms with Gasteiger partial charge in [-0.1, -0.05) is 11.6 Å². The molecule has 1 atom stereocenters. The van der Waals surface area contributed by atoms with Gasteiger partial charge < -0.3 is 10.0 Å². The fourth-order valence-corrected chi connectivity index (χ4v) is 3.90. The smallest absolute Gasteiger partial charge is 0.133 e. The lowest BCUT2D eigenvalue weighted by Crippen LogP contribution is -2.39. The van der Waals surface area contributed by atoms with E-state index in [2.05, 4.69) is 58.0 Å². The largest absolute Gasteiger partial charge is 0.391 e. The summed E-state index contributed by atoms with van der Waals surface area (Å²) in [4.78, 5) is 17.8. The van der Waals surface area contributed by atoms with Crippen LogP contribution in [0.15, 0.2) is 42.9 Å². The van der Waals surface area contributed by atoms with Crippen LogP contribution in [0.1, 0.15) is 29.7 Å². The minimum absolute atomic E-state index is 0.282. The first-order valence-electron chi connectivity index (χ1n) is 9.85. The number of aliphatic hydroxyl groups is 1. The molecular weight excluding hydrogens is 350 g/mol. The van der Waals surface area contributed by atoms with Crippen molar-refractivity contribution in [2.24, 2.45) is 0 Å². The number of aromatic nitrogens is 3. The first-order valence-corrected chi connectivity index (χ1v) is 9.85. The zero-order valence-corrected chi connectivity index (χ0v) is 16.5. The Bertz CT molecular complexity index is 946. The number of piperidine rings is 1. The zero-order valence-electron chi connectivity index (χ0n) is 16.5. The topological polar surface area (TPSA) is 65.4 Å². The molecule has 1 fully saturated rings. The highest BCUT2D eigenvalue weighted by Crippen LogP contribution is 2.28. The number of pyridine rings is 1. The molecule has 146 valence electrons. The standard InChI is InChI=1S/C22H27N5O/c1-16-5-6-21-17(10-16)11-18(12-26(2)13-19-7-8-23-15-24-19)22(25-21)27-9-3-4-20(28)14-27/h5-8,10-11,15,20,28H,3-4,9,12-14H2,1-2H3. The molecule has 1 aromatic carbocycles. The fraction of sp³-hybridized carbons (Fsp3) is 0.409. The maximum Gasteiger partial charge on any atom is 0.133 e. The third-order valence-corrected chi connectivity index (χ3v) is 5.24. The number of anilines is 1. The van der Waals surface area contributed by atoms with Crippen molar-refractivity contribution in [3.8, 4) is 0 Å². The number of fused-ring (bicyclic) bond motifs is 1. The van der Waals surface area contributed by atoms with Crippen LogP contribution in [0.2, 0.25) is 0 Å². The van der Waals surface area contributed by atoms with Crippen LogP contribution < -0.4 is 4.90 Å². The maximum atomic E-state index is 10.2. The highest BCUT2D eigenvalue weighted by molar-refractivity contribution is 5.82. The Hall–Kier alpha value is -2.57. The Kier molecular flexibility index (Phi) is 5.50. The summed E-state index contributed by atoms with van der Waals surface area (Å²) in [7, 11) is 2.09. The molecule has 3 aromatic rings. The fourth-order valence-electron chi connectivity index (χ4n) is 3.90. The minimum Gasteiger partial charge on any atom is -0.391 e. The van der Waals surface area contributed by atoms with E-state index in [0.717, 1.165) is 54.9 Å². The molecule has 0 bridgehead atoms. The second-order valence-electron chi connectivity index (χ2n) is 7.78. The van der Waals surface area contributed by atoms with Gasteiger partial charge in [0.2, 0.25) is 0 Å². The number of rotatable bonds is 5. The van der Waals surface area contributed by atoms with Crippen molar-refractivity contribution in [3.05, 3.63) is 59.7 Å². The van der Waals surface area contributed by atoms with E-state index in [9.17, 15) is 5.11 Å². The van der Waals surface area contributed by atoms with Crippen molar-refractivity contribution in [2.45, 2.75) is 39.0 Å². The quantitative estimate of drug-likeness (QED) is 0.738. The Balaban J connectivity index is 1.66. The lowest BCUT2D eigenvalue weighted by Gasteiger charge is -2.33. The molecule has 6 nitrogen and oxygen atoms in total.